The lowest BCUT2D eigenvalue weighted by Gasteiger charge is -2.07. The maximum Gasteiger partial charge on any atom is 0.258 e. The van der Waals surface area contributed by atoms with Crippen LogP contribution in [0, 0.1) is 0 Å². The summed E-state index contributed by atoms with van der Waals surface area (Å²) in [5, 5.41) is 6.67. The Labute approximate surface area is 147 Å². The van der Waals surface area contributed by atoms with E-state index in [1.165, 1.54) is 0 Å². The topological polar surface area (TPSA) is 58.2 Å². The van der Waals surface area contributed by atoms with Crippen molar-refractivity contribution in [3.05, 3.63) is 80.8 Å². The van der Waals surface area contributed by atoms with Gasteiger partial charge in [0, 0.05) is 15.6 Å². The van der Waals surface area contributed by atoms with Crippen LogP contribution in [-0.2, 0) is 9.59 Å². The number of amides is 2. The van der Waals surface area contributed by atoms with Gasteiger partial charge in [-0.3, -0.25) is 9.59 Å². The summed E-state index contributed by atoms with van der Waals surface area (Å²) in [6, 6.07) is 14.0. The molecule has 4 rings (SSSR count). The van der Waals surface area contributed by atoms with Gasteiger partial charge < -0.3 is 10.6 Å². The maximum absolute atomic E-state index is 12.5. The summed E-state index contributed by atoms with van der Waals surface area (Å²) in [6.07, 6.45) is 0. The fraction of sp³-hybridized carbons (Fsp3) is 0. The maximum atomic E-state index is 12.5. The average Bonchev–Trinajstić information content (AvgIpc) is 3.08. The van der Waals surface area contributed by atoms with Crippen LogP contribution in [-0.4, -0.2) is 11.8 Å². The molecule has 0 radical (unpaired) electrons. The molecule has 2 N–H and O–H groups in total. The van der Waals surface area contributed by atoms with Crippen molar-refractivity contribution in [1.82, 2.24) is 10.6 Å². The summed E-state index contributed by atoms with van der Waals surface area (Å²) in [5.74, 6) is -0.633. The molecular formula is C18H10Cl2N2O2. The predicted octanol–water partition coefficient (Wildman–Crippen LogP) is 3.38. The van der Waals surface area contributed by atoms with Crippen LogP contribution in [0.3, 0.4) is 0 Å². The Morgan fingerprint density at radius 1 is 0.667 bits per heavy atom. The second kappa shape index (κ2) is 5.51. The minimum absolute atomic E-state index is 0.316. The molecule has 6 heteroatoms. The number of benzene rings is 2. The molecule has 0 aliphatic carbocycles. The van der Waals surface area contributed by atoms with Crippen LogP contribution in [0.5, 0.6) is 0 Å². The van der Waals surface area contributed by atoms with Gasteiger partial charge in [-0.2, -0.15) is 0 Å². The first-order valence-corrected chi connectivity index (χ1v) is 7.93. The van der Waals surface area contributed by atoms with Crippen molar-refractivity contribution in [3.63, 3.8) is 0 Å². The van der Waals surface area contributed by atoms with E-state index in [4.69, 9.17) is 23.2 Å². The van der Waals surface area contributed by atoms with Crippen LogP contribution in [0.25, 0.3) is 11.4 Å². The first-order chi connectivity index (χ1) is 11.5. The van der Waals surface area contributed by atoms with Crippen LogP contribution in [0.1, 0.15) is 11.1 Å². The van der Waals surface area contributed by atoms with Crippen LogP contribution >= 0.6 is 23.2 Å². The van der Waals surface area contributed by atoms with Crippen molar-refractivity contribution in [2.24, 2.45) is 0 Å². The van der Waals surface area contributed by atoms with E-state index in [2.05, 4.69) is 10.6 Å². The fourth-order valence-electron chi connectivity index (χ4n) is 2.87. The van der Waals surface area contributed by atoms with Crippen molar-refractivity contribution in [2.45, 2.75) is 0 Å². The molecule has 0 saturated carbocycles. The van der Waals surface area contributed by atoms with Gasteiger partial charge in [0.25, 0.3) is 11.8 Å². The number of carbonyl (C=O) groups excluding carboxylic acids is 2. The molecule has 2 heterocycles. The summed E-state index contributed by atoms with van der Waals surface area (Å²) >= 11 is 11.9. The smallest absolute Gasteiger partial charge is 0.258 e. The third kappa shape index (κ3) is 2.31. The Kier molecular flexibility index (Phi) is 3.44. The molecule has 0 bridgehead atoms. The Morgan fingerprint density at radius 2 is 1.25 bits per heavy atom. The molecule has 2 aromatic carbocycles. The number of fused-ring (bicyclic) bond motifs is 1. The fourth-order valence-corrected chi connectivity index (χ4v) is 3.19. The van der Waals surface area contributed by atoms with Crippen LogP contribution in [0.15, 0.2) is 59.7 Å². The van der Waals surface area contributed by atoms with Crippen molar-refractivity contribution in [1.29, 1.82) is 0 Å². The molecule has 0 spiro atoms. The van der Waals surface area contributed by atoms with Gasteiger partial charge in [-0.15, -0.1) is 0 Å². The quantitative estimate of drug-likeness (QED) is 0.866. The van der Waals surface area contributed by atoms with Gasteiger partial charge in [-0.25, -0.2) is 0 Å². The lowest BCUT2D eigenvalue weighted by Crippen LogP contribution is -2.21. The molecule has 0 aromatic heterocycles. The monoisotopic (exact) mass is 356 g/mol. The van der Waals surface area contributed by atoms with E-state index >= 15 is 0 Å². The van der Waals surface area contributed by atoms with Gasteiger partial charge in [0.15, 0.2) is 0 Å². The highest BCUT2D eigenvalue weighted by atomic mass is 35.5. The largest absolute Gasteiger partial charge is 0.321 e. The first kappa shape index (κ1) is 15.0. The summed E-state index contributed by atoms with van der Waals surface area (Å²) in [6.45, 7) is 0. The van der Waals surface area contributed by atoms with E-state index < -0.39 is 0 Å². The van der Waals surface area contributed by atoms with E-state index in [9.17, 15) is 9.59 Å². The van der Waals surface area contributed by atoms with Gasteiger partial charge >= 0.3 is 0 Å². The summed E-state index contributed by atoms with van der Waals surface area (Å²) in [7, 11) is 0. The first-order valence-electron chi connectivity index (χ1n) is 7.18. The number of hydrogen-bond acceptors (Lipinski definition) is 2. The number of carbonyl (C=O) groups is 2. The third-order valence-corrected chi connectivity index (χ3v) is 4.41. The van der Waals surface area contributed by atoms with Crippen molar-refractivity contribution in [2.75, 3.05) is 0 Å². The molecule has 0 fully saturated rings. The Hall–Kier alpha value is -2.56. The van der Waals surface area contributed by atoms with Crippen LogP contribution < -0.4 is 10.6 Å². The van der Waals surface area contributed by atoms with E-state index in [1.54, 1.807) is 48.5 Å². The van der Waals surface area contributed by atoms with Gasteiger partial charge in [-0.1, -0.05) is 47.5 Å². The van der Waals surface area contributed by atoms with Crippen LogP contribution in [0.4, 0.5) is 0 Å². The highest BCUT2D eigenvalue weighted by Gasteiger charge is 2.40. The molecule has 24 heavy (non-hydrogen) atoms. The zero-order valence-electron chi connectivity index (χ0n) is 12.2. The molecule has 0 unspecified atom stereocenters. The molecular weight excluding hydrogens is 347 g/mol. The van der Waals surface area contributed by atoms with Crippen LogP contribution in [0.2, 0.25) is 10.0 Å². The zero-order chi connectivity index (χ0) is 16.8. The van der Waals surface area contributed by atoms with Crippen molar-refractivity contribution in [3.8, 4) is 0 Å². The highest BCUT2D eigenvalue weighted by Crippen LogP contribution is 2.37. The Balaban J connectivity index is 1.90. The SMILES string of the molecule is O=C1NC(c2cccc(Cl)c2)=C2C(=O)NC(c3ccc(Cl)cc3)=C12. The number of nitrogens with one attached hydrogen (secondary N) is 2. The second-order valence-corrected chi connectivity index (χ2v) is 6.30. The van der Waals surface area contributed by atoms with E-state index in [1.807, 2.05) is 0 Å². The minimum atomic E-state index is -0.316. The molecule has 2 amide bonds. The number of halogens is 2. The summed E-state index contributed by atoms with van der Waals surface area (Å²) < 4.78 is 0. The normalized spacial score (nSPS) is 16.4. The second-order valence-electron chi connectivity index (χ2n) is 5.43. The Morgan fingerprint density at radius 3 is 1.83 bits per heavy atom. The lowest BCUT2D eigenvalue weighted by atomic mass is 10.0. The Bertz CT molecular complexity index is 959. The molecule has 118 valence electrons. The van der Waals surface area contributed by atoms with Gasteiger partial charge in [0.05, 0.1) is 22.5 Å². The summed E-state index contributed by atoms with van der Waals surface area (Å²) in [5.41, 5.74) is 3.05. The van der Waals surface area contributed by atoms with Gasteiger partial charge in [0.2, 0.25) is 0 Å². The molecule has 2 aliphatic heterocycles. The zero-order valence-corrected chi connectivity index (χ0v) is 13.7. The van der Waals surface area contributed by atoms with E-state index in [0.29, 0.717) is 38.1 Å². The number of hydrogen-bond donors (Lipinski definition) is 2. The minimum Gasteiger partial charge on any atom is -0.321 e. The molecule has 0 atom stereocenters. The lowest BCUT2D eigenvalue weighted by molar-refractivity contribution is -0.117. The average molecular weight is 357 g/mol. The highest BCUT2D eigenvalue weighted by molar-refractivity contribution is 6.32. The standard InChI is InChI=1S/C18H10Cl2N2O2/c19-11-6-4-9(5-7-11)15-13-14(18(24)21-15)16(22-17(13)23)10-2-1-3-12(20)8-10/h1-8H,(H,21,24)(H,22,23). The molecule has 2 aliphatic rings. The van der Waals surface area contributed by atoms with Crippen molar-refractivity contribution >= 4 is 46.4 Å². The number of rotatable bonds is 2. The molecule has 2 aromatic rings. The molecule has 0 saturated heterocycles. The predicted molar refractivity (Wildman–Crippen MR) is 93.0 cm³/mol. The van der Waals surface area contributed by atoms with Crippen molar-refractivity contribution < 1.29 is 9.59 Å². The third-order valence-electron chi connectivity index (χ3n) is 3.93. The summed E-state index contributed by atoms with van der Waals surface area (Å²) in [4.78, 5) is 24.9. The van der Waals surface area contributed by atoms with E-state index in [0.717, 1.165) is 5.56 Å². The molecule has 4 nitrogen and oxygen atoms in total. The van der Waals surface area contributed by atoms with E-state index in [-0.39, 0.29) is 11.8 Å². The van der Waals surface area contributed by atoms with Gasteiger partial charge in [-0.05, 0) is 29.8 Å². The van der Waals surface area contributed by atoms with Gasteiger partial charge in [0.1, 0.15) is 0 Å².